The summed E-state index contributed by atoms with van der Waals surface area (Å²) in [4.78, 5) is 53.9. The molecule has 10 heteroatoms. The molecule has 0 bridgehead atoms. The molecule has 2 aliphatic rings. The lowest BCUT2D eigenvalue weighted by atomic mass is 10.3. The molecular weight excluding hydrogens is 416 g/mol. The molecule has 0 atom stereocenters. The summed E-state index contributed by atoms with van der Waals surface area (Å²) in [6, 6.07) is 6.96. The van der Waals surface area contributed by atoms with Gasteiger partial charge in [0.25, 0.3) is 11.1 Å². The number of aromatic nitrogens is 6. The van der Waals surface area contributed by atoms with Crippen molar-refractivity contribution in [2.24, 2.45) is 0 Å². The highest BCUT2D eigenvalue weighted by Gasteiger charge is 2.32. The van der Waals surface area contributed by atoms with Crippen LogP contribution in [0.25, 0.3) is 16.7 Å². The molecule has 6 rings (SSSR count). The van der Waals surface area contributed by atoms with E-state index in [2.05, 4.69) is 19.9 Å². The smallest absolute Gasteiger partial charge is 0.274 e. The molecule has 0 aromatic carbocycles. The van der Waals surface area contributed by atoms with Gasteiger partial charge in [0.1, 0.15) is 21.9 Å². The molecule has 4 aromatic rings. The fourth-order valence-electron chi connectivity index (χ4n) is 3.75. The molecule has 4 aromatic heterocycles. The van der Waals surface area contributed by atoms with Crippen LogP contribution in [0.4, 0.5) is 0 Å². The standard InChI is InChI=1S/C21H18N6O3S/c28-15-9-12(22-14-3-1-2-8-26(14)15)10-31-20-16-18(23-17(24-20)11-4-5-11)27(13-6-7-13)21(30)25-19(16)29/h1-3,8-9,11,13H,4-7,10H2,(H,25,29,30). The zero-order chi connectivity index (χ0) is 21.1. The van der Waals surface area contributed by atoms with Crippen LogP contribution in [0, 0.1) is 0 Å². The zero-order valence-electron chi connectivity index (χ0n) is 16.4. The van der Waals surface area contributed by atoms with Crippen LogP contribution in [-0.2, 0) is 5.75 Å². The van der Waals surface area contributed by atoms with Crippen molar-refractivity contribution in [1.82, 2.24) is 28.9 Å². The largest absolute Gasteiger partial charge is 0.330 e. The minimum absolute atomic E-state index is 0.0776. The van der Waals surface area contributed by atoms with Gasteiger partial charge in [-0.1, -0.05) is 17.8 Å². The Bertz CT molecular complexity index is 1530. The maximum Gasteiger partial charge on any atom is 0.330 e. The van der Waals surface area contributed by atoms with Gasteiger partial charge in [0.05, 0.1) is 5.69 Å². The predicted octanol–water partition coefficient (Wildman–Crippen LogP) is 1.99. The Hall–Kier alpha value is -3.27. The molecular formula is C21H18N6O3S. The molecule has 2 fully saturated rings. The topological polar surface area (TPSA) is 115 Å². The molecule has 2 saturated carbocycles. The Kier molecular flexibility index (Phi) is 4.10. The predicted molar refractivity (Wildman–Crippen MR) is 116 cm³/mol. The summed E-state index contributed by atoms with van der Waals surface area (Å²) < 4.78 is 3.09. The lowest BCUT2D eigenvalue weighted by molar-refractivity contribution is 0.691. The number of thioether (sulfide) groups is 1. The highest BCUT2D eigenvalue weighted by molar-refractivity contribution is 7.98. The van der Waals surface area contributed by atoms with Gasteiger partial charge in [-0.2, -0.15) is 0 Å². The number of pyridine rings is 1. The first-order valence-corrected chi connectivity index (χ1v) is 11.2. The fourth-order valence-corrected chi connectivity index (χ4v) is 4.67. The molecule has 0 unspecified atom stereocenters. The van der Waals surface area contributed by atoms with E-state index in [4.69, 9.17) is 0 Å². The highest BCUT2D eigenvalue weighted by Crippen LogP contribution is 2.41. The van der Waals surface area contributed by atoms with Crippen molar-refractivity contribution in [2.45, 2.75) is 48.4 Å². The lowest BCUT2D eigenvalue weighted by Gasteiger charge is -2.12. The van der Waals surface area contributed by atoms with Crippen LogP contribution >= 0.6 is 11.8 Å². The Morgan fingerprint density at radius 3 is 2.68 bits per heavy atom. The lowest BCUT2D eigenvalue weighted by Crippen LogP contribution is -2.31. The first-order valence-electron chi connectivity index (χ1n) is 10.2. The van der Waals surface area contributed by atoms with Crippen molar-refractivity contribution in [1.29, 1.82) is 0 Å². The Balaban J connectivity index is 1.46. The monoisotopic (exact) mass is 434 g/mol. The van der Waals surface area contributed by atoms with Crippen LogP contribution in [0.2, 0.25) is 0 Å². The molecule has 0 aliphatic heterocycles. The van der Waals surface area contributed by atoms with Crippen LogP contribution in [0.5, 0.6) is 0 Å². The average molecular weight is 434 g/mol. The van der Waals surface area contributed by atoms with Crippen molar-refractivity contribution < 1.29 is 0 Å². The SMILES string of the molecule is O=c1[nH]c(=O)n(C2CC2)c2nc(C3CC3)nc(SCc3cc(=O)n4ccccc4n3)c12. The van der Waals surface area contributed by atoms with Gasteiger partial charge in [0, 0.05) is 30.0 Å². The van der Waals surface area contributed by atoms with Gasteiger partial charge in [-0.05, 0) is 37.8 Å². The molecule has 0 radical (unpaired) electrons. The van der Waals surface area contributed by atoms with Gasteiger partial charge >= 0.3 is 5.69 Å². The van der Waals surface area contributed by atoms with Crippen molar-refractivity contribution >= 4 is 28.4 Å². The quantitative estimate of drug-likeness (QED) is 0.377. The second-order valence-corrected chi connectivity index (χ2v) is 8.99. The number of hydrogen-bond donors (Lipinski definition) is 1. The normalized spacial score (nSPS) is 16.3. The summed E-state index contributed by atoms with van der Waals surface area (Å²) in [6.45, 7) is 0. The first kappa shape index (κ1) is 18.5. The molecule has 156 valence electrons. The van der Waals surface area contributed by atoms with E-state index in [1.807, 2.05) is 6.07 Å². The van der Waals surface area contributed by atoms with Gasteiger partial charge in [0.2, 0.25) is 0 Å². The average Bonchev–Trinajstić information content (AvgIpc) is 3.65. The Morgan fingerprint density at radius 1 is 1.06 bits per heavy atom. The molecule has 0 spiro atoms. The second kappa shape index (κ2) is 6.88. The second-order valence-electron chi connectivity index (χ2n) is 8.02. The third-order valence-corrected chi connectivity index (χ3v) is 6.61. The fraction of sp³-hybridized carbons (Fsp3) is 0.333. The molecule has 1 N–H and O–H groups in total. The van der Waals surface area contributed by atoms with Crippen LogP contribution < -0.4 is 16.8 Å². The maximum absolute atomic E-state index is 12.7. The van der Waals surface area contributed by atoms with Gasteiger partial charge in [-0.25, -0.2) is 19.7 Å². The van der Waals surface area contributed by atoms with E-state index in [1.54, 1.807) is 22.9 Å². The minimum atomic E-state index is -0.478. The van der Waals surface area contributed by atoms with E-state index in [0.717, 1.165) is 25.7 Å². The Labute approximate surface area is 179 Å². The summed E-state index contributed by atoms with van der Waals surface area (Å²) in [5.74, 6) is 1.33. The number of rotatable bonds is 5. The number of hydrogen-bond acceptors (Lipinski definition) is 7. The number of nitrogens with zero attached hydrogens (tertiary/aromatic N) is 5. The summed E-state index contributed by atoms with van der Waals surface area (Å²) in [6.07, 6.45) is 5.50. The molecule has 4 heterocycles. The van der Waals surface area contributed by atoms with Crippen molar-refractivity contribution in [3.8, 4) is 0 Å². The summed E-state index contributed by atoms with van der Waals surface area (Å²) in [5, 5.41) is 0.857. The van der Waals surface area contributed by atoms with Gasteiger partial charge < -0.3 is 0 Å². The highest BCUT2D eigenvalue weighted by atomic mass is 32.2. The van der Waals surface area contributed by atoms with E-state index in [9.17, 15) is 14.4 Å². The van der Waals surface area contributed by atoms with Crippen LogP contribution in [0.1, 0.15) is 49.2 Å². The number of fused-ring (bicyclic) bond motifs is 2. The van der Waals surface area contributed by atoms with Crippen LogP contribution in [0.15, 0.2) is 49.9 Å². The molecule has 9 nitrogen and oxygen atoms in total. The summed E-state index contributed by atoms with van der Waals surface area (Å²) in [7, 11) is 0. The Morgan fingerprint density at radius 2 is 1.90 bits per heavy atom. The van der Waals surface area contributed by atoms with E-state index in [0.29, 0.717) is 39.0 Å². The van der Waals surface area contributed by atoms with E-state index < -0.39 is 11.2 Å². The first-order chi connectivity index (χ1) is 15.1. The molecule has 0 saturated heterocycles. The maximum atomic E-state index is 12.7. The van der Waals surface area contributed by atoms with Gasteiger partial charge in [-0.15, -0.1) is 0 Å². The van der Waals surface area contributed by atoms with E-state index >= 15 is 0 Å². The minimum Gasteiger partial charge on any atom is -0.274 e. The number of nitrogens with one attached hydrogen (secondary N) is 1. The number of H-pyrrole nitrogens is 1. The van der Waals surface area contributed by atoms with Crippen molar-refractivity contribution in [2.75, 3.05) is 0 Å². The number of aromatic amines is 1. The van der Waals surface area contributed by atoms with E-state index in [-0.39, 0.29) is 17.5 Å². The van der Waals surface area contributed by atoms with Crippen molar-refractivity contribution in [3.05, 3.63) is 73.2 Å². The van der Waals surface area contributed by atoms with Gasteiger partial charge in [0.15, 0.2) is 5.65 Å². The molecule has 0 amide bonds. The molecule has 2 aliphatic carbocycles. The zero-order valence-corrected chi connectivity index (χ0v) is 17.3. The third-order valence-electron chi connectivity index (χ3n) is 5.60. The summed E-state index contributed by atoms with van der Waals surface area (Å²) >= 11 is 1.34. The molecule has 31 heavy (non-hydrogen) atoms. The van der Waals surface area contributed by atoms with Crippen molar-refractivity contribution in [3.63, 3.8) is 0 Å². The van der Waals surface area contributed by atoms with Gasteiger partial charge in [-0.3, -0.25) is 23.5 Å². The summed E-state index contributed by atoms with van der Waals surface area (Å²) in [5.41, 5.74) is 0.536. The van der Waals surface area contributed by atoms with Crippen LogP contribution in [-0.4, -0.2) is 28.9 Å². The third kappa shape index (κ3) is 3.27. The van der Waals surface area contributed by atoms with E-state index in [1.165, 1.54) is 22.2 Å². The van der Waals surface area contributed by atoms with Crippen LogP contribution in [0.3, 0.4) is 0 Å².